The van der Waals surface area contributed by atoms with Gasteiger partial charge in [-0.2, -0.15) is 0 Å². The molecule has 30 heavy (non-hydrogen) atoms. The molecule has 0 unspecified atom stereocenters. The van der Waals surface area contributed by atoms with Crippen LogP contribution in [0.15, 0.2) is 45.6 Å². The Bertz CT molecular complexity index is 1100. The molecule has 158 valence electrons. The first-order valence-electron chi connectivity index (χ1n) is 10.4. The SMILES string of the molecule is CCN1CCN(Cc2c(O)ccc3c(=O)c(-c4ccc(OC)cc4)c(C)oc23)CC1. The largest absolute Gasteiger partial charge is 0.507 e. The van der Waals surface area contributed by atoms with Gasteiger partial charge in [0.1, 0.15) is 22.8 Å². The fourth-order valence-corrected chi connectivity index (χ4v) is 4.14. The highest BCUT2D eigenvalue weighted by Crippen LogP contribution is 2.31. The van der Waals surface area contributed by atoms with E-state index >= 15 is 0 Å². The molecule has 6 nitrogen and oxygen atoms in total. The minimum Gasteiger partial charge on any atom is -0.507 e. The maximum absolute atomic E-state index is 13.3. The van der Waals surface area contributed by atoms with E-state index in [-0.39, 0.29) is 11.2 Å². The Hall–Kier alpha value is -2.83. The van der Waals surface area contributed by atoms with Crippen molar-refractivity contribution in [2.75, 3.05) is 39.8 Å². The average molecular weight is 408 g/mol. The van der Waals surface area contributed by atoms with Crippen LogP contribution in [-0.2, 0) is 6.54 Å². The Labute approximate surface area is 176 Å². The van der Waals surface area contributed by atoms with E-state index in [1.165, 1.54) is 0 Å². The number of phenolic OH excluding ortho intramolecular Hbond substituents is 1. The Kier molecular flexibility index (Phi) is 5.79. The highest BCUT2D eigenvalue weighted by molar-refractivity contribution is 5.86. The number of aryl methyl sites for hydroxylation is 1. The lowest BCUT2D eigenvalue weighted by Crippen LogP contribution is -2.45. The van der Waals surface area contributed by atoms with Gasteiger partial charge in [0.05, 0.1) is 23.6 Å². The zero-order valence-electron chi connectivity index (χ0n) is 17.8. The topological polar surface area (TPSA) is 66.2 Å². The number of likely N-dealkylation sites (N-methyl/N-ethyl adjacent to an activating group) is 1. The van der Waals surface area contributed by atoms with E-state index in [1.807, 2.05) is 24.3 Å². The maximum Gasteiger partial charge on any atom is 0.200 e. The third-order valence-corrected chi connectivity index (χ3v) is 5.99. The summed E-state index contributed by atoms with van der Waals surface area (Å²) in [5.41, 5.74) is 2.40. The molecule has 1 fully saturated rings. The summed E-state index contributed by atoms with van der Waals surface area (Å²) in [6.45, 7) is 9.45. The molecule has 0 radical (unpaired) electrons. The molecule has 0 amide bonds. The van der Waals surface area contributed by atoms with Gasteiger partial charge in [0, 0.05) is 32.7 Å². The molecule has 1 aliphatic rings. The van der Waals surface area contributed by atoms with Crippen molar-refractivity contribution in [3.8, 4) is 22.6 Å². The summed E-state index contributed by atoms with van der Waals surface area (Å²) < 4.78 is 11.4. The first-order chi connectivity index (χ1) is 14.5. The fourth-order valence-electron chi connectivity index (χ4n) is 4.14. The molecule has 1 N–H and O–H groups in total. The van der Waals surface area contributed by atoms with Crippen LogP contribution in [0, 0.1) is 6.92 Å². The second-order valence-corrected chi connectivity index (χ2v) is 7.74. The Morgan fingerprint density at radius 2 is 1.70 bits per heavy atom. The van der Waals surface area contributed by atoms with Crippen LogP contribution in [-0.4, -0.2) is 54.7 Å². The van der Waals surface area contributed by atoms with E-state index in [0.717, 1.165) is 44.0 Å². The second-order valence-electron chi connectivity index (χ2n) is 7.74. The second kappa shape index (κ2) is 8.50. The molecular formula is C24H28N2O4. The van der Waals surface area contributed by atoms with Gasteiger partial charge >= 0.3 is 0 Å². The fraction of sp³-hybridized carbons (Fsp3) is 0.375. The number of methoxy groups -OCH3 is 1. The molecule has 6 heteroatoms. The molecule has 2 aromatic carbocycles. The van der Waals surface area contributed by atoms with Gasteiger partial charge in [0.15, 0.2) is 0 Å². The Balaban J connectivity index is 1.74. The van der Waals surface area contributed by atoms with Gasteiger partial charge in [0.2, 0.25) is 5.43 Å². The zero-order valence-corrected chi connectivity index (χ0v) is 17.8. The van der Waals surface area contributed by atoms with E-state index in [1.54, 1.807) is 26.2 Å². The lowest BCUT2D eigenvalue weighted by atomic mass is 10.0. The molecule has 4 rings (SSSR count). The molecule has 3 aromatic rings. The minimum absolute atomic E-state index is 0.0871. The first kappa shape index (κ1) is 20.4. The lowest BCUT2D eigenvalue weighted by Gasteiger charge is -2.34. The molecule has 1 aliphatic heterocycles. The molecule has 2 heterocycles. The summed E-state index contributed by atoms with van der Waals surface area (Å²) in [6, 6.07) is 10.6. The molecule has 0 spiro atoms. The molecule has 0 saturated carbocycles. The van der Waals surface area contributed by atoms with Gasteiger partial charge in [-0.05, 0) is 43.3 Å². The normalized spacial score (nSPS) is 15.6. The van der Waals surface area contributed by atoms with E-state index in [0.29, 0.717) is 34.4 Å². The van der Waals surface area contributed by atoms with Crippen LogP contribution >= 0.6 is 0 Å². The Morgan fingerprint density at radius 1 is 1.03 bits per heavy atom. The van der Waals surface area contributed by atoms with Gasteiger partial charge in [-0.1, -0.05) is 19.1 Å². The van der Waals surface area contributed by atoms with Crippen molar-refractivity contribution in [3.05, 3.63) is 57.9 Å². The molecular weight excluding hydrogens is 380 g/mol. The van der Waals surface area contributed by atoms with Crippen LogP contribution in [0.3, 0.4) is 0 Å². The van der Waals surface area contributed by atoms with Crippen LogP contribution in [0.2, 0.25) is 0 Å². The van der Waals surface area contributed by atoms with Gasteiger partial charge in [-0.25, -0.2) is 0 Å². The van der Waals surface area contributed by atoms with Gasteiger partial charge in [-0.15, -0.1) is 0 Å². The monoisotopic (exact) mass is 408 g/mol. The summed E-state index contributed by atoms with van der Waals surface area (Å²) in [5.74, 6) is 1.44. The van der Waals surface area contributed by atoms with E-state index in [9.17, 15) is 9.90 Å². The molecule has 1 aromatic heterocycles. The number of phenols is 1. The molecule has 1 saturated heterocycles. The van der Waals surface area contributed by atoms with Crippen LogP contribution < -0.4 is 10.2 Å². The molecule has 0 bridgehead atoms. The first-order valence-corrected chi connectivity index (χ1v) is 10.4. The molecule has 0 aliphatic carbocycles. The van der Waals surface area contributed by atoms with Crippen molar-refractivity contribution in [2.24, 2.45) is 0 Å². The van der Waals surface area contributed by atoms with Gasteiger partial charge in [-0.3, -0.25) is 9.69 Å². The Morgan fingerprint density at radius 3 is 2.33 bits per heavy atom. The maximum atomic E-state index is 13.3. The number of hydrogen-bond acceptors (Lipinski definition) is 6. The standard InChI is InChI=1S/C24H28N2O4/c1-4-25-11-13-26(14-12-25)15-20-21(27)10-9-19-23(28)22(16(2)30-24(19)20)17-5-7-18(29-3)8-6-17/h5-10,27H,4,11-15H2,1-3H3. The van der Waals surface area contributed by atoms with Crippen molar-refractivity contribution in [2.45, 2.75) is 20.4 Å². The third-order valence-electron chi connectivity index (χ3n) is 5.99. The van der Waals surface area contributed by atoms with Crippen LogP contribution in [0.5, 0.6) is 11.5 Å². The lowest BCUT2D eigenvalue weighted by molar-refractivity contribution is 0.131. The number of nitrogens with zero attached hydrogens (tertiary/aromatic N) is 2. The summed E-state index contributed by atoms with van der Waals surface area (Å²) in [7, 11) is 1.61. The van der Waals surface area contributed by atoms with Crippen molar-refractivity contribution in [3.63, 3.8) is 0 Å². The van der Waals surface area contributed by atoms with Crippen molar-refractivity contribution < 1.29 is 14.3 Å². The van der Waals surface area contributed by atoms with Gasteiger partial charge in [0.25, 0.3) is 0 Å². The number of piperazine rings is 1. The predicted molar refractivity (Wildman–Crippen MR) is 118 cm³/mol. The highest BCUT2D eigenvalue weighted by atomic mass is 16.5. The smallest absolute Gasteiger partial charge is 0.200 e. The minimum atomic E-state index is -0.0871. The summed E-state index contributed by atoms with van der Waals surface area (Å²) >= 11 is 0. The summed E-state index contributed by atoms with van der Waals surface area (Å²) in [6.07, 6.45) is 0. The van der Waals surface area contributed by atoms with Crippen LogP contribution in [0.4, 0.5) is 0 Å². The number of ether oxygens (including phenoxy) is 1. The summed E-state index contributed by atoms with van der Waals surface area (Å²) in [5, 5.41) is 11.0. The number of benzene rings is 2. The van der Waals surface area contributed by atoms with E-state index in [4.69, 9.17) is 9.15 Å². The van der Waals surface area contributed by atoms with E-state index < -0.39 is 0 Å². The van der Waals surface area contributed by atoms with E-state index in [2.05, 4.69) is 16.7 Å². The highest BCUT2D eigenvalue weighted by Gasteiger charge is 2.22. The number of aromatic hydroxyl groups is 1. The van der Waals surface area contributed by atoms with Crippen LogP contribution in [0.1, 0.15) is 18.2 Å². The average Bonchev–Trinajstić information content (AvgIpc) is 2.77. The number of hydrogen-bond donors (Lipinski definition) is 1. The number of rotatable bonds is 5. The van der Waals surface area contributed by atoms with Crippen LogP contribution in [0.25, 0.3) is 22.1 Å². The van der Waals surface area contributed by atoms with Crippen molar-refractivity contribution >= 4 is 11.0 Å². The summed E-state index contributed by atoms with van der Waals surface area (Å²) in [4.78, 5) is 18.1. The van der Waals surface area contributed by atoms with Crippen molar-refractivity contribution in [1.29, 1.82) is 0 Å². The van der Waals surface area contributed by atoms with Gasteiger partial charge < -0.3 is 19.2 Å². The molecule has 0 atom stereocenters. The number of fused-ring (bicyclic) bond motifs is 1. The zero-order chi connectivity index (χ0) is 21.3. The third kappa shape index (κ3) is 3.80. The quantitative estimate of drug-likeness (QED) is 0.696. The predicted octanol–water partition coefficient (Wildman–Crippen LogP) is 3.62. The van der Waals surface area contributed by atoms with Crippen molar-refractivity contribution in [1.82, 2.24) is 9.80 Å².